The van der Waals surface area contributed by atoms with E-state index in [1.807, 2.05) is 11.9 Å². The Balaban J connectivity index is 1.82. The average Bonchev–Trinajstić information content (AvgIpc) is 2.35. The van der Waals surface area contributed by atoms with Gasteiger partial charge in [-0.15, -0.1) is 0 Å². The van der Waals surface area contributed by atoms with Crippen LogP contribution in [0, 0.1) is 5.92 Å². The van der Waals surface area contributed by atoms with Crippen LogP contribution in [0.25, 0.3) is 0 Å². The molecule has 18 heavy (non-hydrogen) atoms. The fraction of sp³-hybridized carbons (Fsp3) is 0.533. The zero-order chi connectivity index (χ0) is 12.5. The summed E-state index contributed by atoms with van der Waals surface area (Å²) in [7, 11) is 1.97. The van der Waals surface area contributed by atoms with Crippen molar-refractivity contribution in [2.24, 2.45) is 5.92 Å². The highest BCUT2D eigenvalue weighted by molar-refractivity contribution is 5.80. The lowest BCUT2D eigenvalue weighted by Gasteiger charge is -2.37. The number of hydrogen-bond acceptors (Lipinski definition) is 2. The second-order valence-corrected chi connectivity index (χ2v) is 5.41. The predicted molar refractivity (Wildman–Crippen MR) is 71.3 cm³/mol. The summed E-state index contributed by atoms with van der Waals surface area (Å²) in [6.45, 7) is 1.69. The molecule has 1 N–H and O–H groups in total. The molecule has 1 aromatic rings. The Morgan fingerprint density at radius 3 is 2.83 bits per heavy atom. The highest BCUT2D eigenvalue weighted by atomic mass is 16.2. The first kappa shape index (κ1) is 11.7. The van der Waals surface area contributed by atoms with Crippen LogP contribution in [0.5, 0.6) is 0 Å². The Morgan fingerprint density at radius 2 is 2.11 bits per heavy atom. The minimum Gasteiger partial charge on any atom is -0.338 e. The molecule has 2 aliphatic rings. The predicted octanol–water partition coefficient (Wildman–Crippen LogP) is 1.74. The highest BCUT2D eigenvalue weighted by Crippen LogP contribution is 2.34. The van der Waals surface area contributed by atoms with E-state index in [1.54, 1.807) is 0 Å². The lowest BCUT2D eigenvalue weighted by Crippen LogP contribution is -2.52. The Bertz CT molecular complexity index is 454. The van der Waals surface area contributed by atoms with Crippen molar-refractivity contribution in [1.29, 1.82) is 0 Å². The summed E-state index contributed by atoms with van der Waals surface area (Å²) in [5.41, 5.74) is 2.77. The van der Waals surface area contributed by atoms with E-state index in [1.165, 1.54) is 17.5 Å². The van der Waals surface area contributed by atoms with Crippen molar-refractivity contribution in [2.75, 3.05) is 20.1 Å². The molecule has 1 saturated heterocycles. The Kier molecular flexibility index (Phi) is 3.08. The Labute approximate surface area is 108 Å². The van der Waals surface area contributed by atoms with Gasteiger partial charge in [-0.1, -0.05) is 24.3 Å². The summed E-state index contributed by atoms with van der Waals surface area (Å²) in [4.78, 5) is 14.3. The Morgan fingerprint density at radius 1 is 1.33 bits per heavy atom. The van der Waals surface area contributed by atoms with Gasteiger partial charge in [-0.05, 0) is 30.4 Å². The van der Waals surface area contributed by atoms with Crippen molar-refractivity contribution < 1.29 is 4.79 Å². The second kappa shape index (κ2) is 4.73. The van der Waals surface area contributed by atoms with Crippen molar-refractivity contribution in [3.05, 3.63) is 35.4 Å². The number of hydrogen-bond donors (Lipinski definition) is 1. The maximum absolute atomic E-state index is 12.3. The van der Waals surface area contributed by atoms with E-state index in [-0.39, 0.29) is 12.0 Å². The number of fused-ring (bicyclic) bond motifs is 1. The molecule has 1 heterocycles. The van der Waals surface area contributed by atoms with Crippen molar-refractivity contribution >= 4 is 5.91 Å². The summed E-state index contributed by atoms with van der Waals surface area (Å²) in [5.74, 6) is 0.500. The molecule has 1 fully saturated rings. The third-order valence-electron chi connectivity index (χ3n) is 4.28. The number of aryl methyl sites for hydroxylation is 1. The molecule has 1 aliphatic carbocycles. The largest absolute Gasteiger partial charge is 0.338 e. The van der Waals surface area contributed by atoms with E-state index in [2.05, 4.69) is 29.6 Å². The van der Waals surface area contributed by atoms with Crippen LogP contribution in [0.1, 0.15) is 30.0 Å². The molecule has 0 saturated carbocycles. The summed E-state index contributed by atoms with van der Waals surface area (Å²) in [6.07, 6.45) is 3.43. The summed E-state index contributed by atoms with van der Waals surface area (Å²) in [6, 6.07) is 8.84. The van der Waals surface area contributed by atoms with Gasteiger partial charge in [0, 0.05) is 20.1 Å². The van der Waals surface area contributed by atoms with Gasteiger partial charge >= 0.3 is 0 Å². The van der Waals surface area contributed by atoms with Gasteiger partial charge in [-0.25, -0.2) is 0 Å². The zero-order valence-electron chi connectivity index (χ0n) is 10.9. The fourth-order valence-electron chi connectivity index (χ4n) is 3.04. The first-order valence-electron chi connectivity index (χ1n) is 6.82. The lowest BCUT2D eigenvalue weighted by molar-refractivity contribution is -0.138. The molecule has 0 aromatic heterocycles. The Hall–Kier alpha value is -1.35. The van der Waals surface area contributed by atoms with E-state index in [9.17, 15) is 4.79 Å². The van der Waals surface area contributed by atoms with E-state index >= 15 is 0 Å². The van der Waals surface area contributed by atoms with Gasteiger partial charge < -0.3 is 10.2 Å². The topological polar surface area (TPSA) is 32.3 Å². The molecule has 0 bridgehead atoms. The van der Waals surface area contributed by atoms with Crippen LogP contribution in [0.15, 0.2) is 24.3 Å². The smallest absolute Gasteiger partial charge is 0.228 e. The summed E-state index contributed by atoms with van der Waals surface area (Å²) >= 11 is 0. The summed E-state index contributed by atoms with van der Waals surface area (Å²) in [5, 5.41) is 3.17. The van der Waals surface area contributed by atoms with E-state index in [4.69, 9.17) is 0 Å². The van der Waals surface area contributed by atoms with Gasteiger partial charge in [0.1, 0.15) is 0 Å². The van der Waals surface area contributed by atoms with Crippen LogP contribution in [0.2, 0.25) is 0 Å². The highest BCUT2D eigenvalue weighted by Gasteiger charge is 2.32. The third kappa shape index (κ3) is 1.93. The van der Waals surface area contributed by atoms with E-state index in [0.29, 0.717) is 5.91 Å². The van der Waals surface area contributed by atoms with Crippen LogP contribution in [0.3, 0.4) is 0 Å². The normalized spacial score (nSPS) is 23.1. The van der Waals surface area contributed by atoms with E-state index in [0.717, 1.165) is 25.9 Å². The molecular weight excluding hydrogens is 224 g/mol. The van der Waals surface area contributed by atoms with Gasteiger partial charge in [0.15, 0.2) is 0 Å². The standard InChI is InChI=1S/C15H20N2O/c1-17(15(18)12-9-16-10-12)14-8-4-6-11-5-2-3-7-13(11)14/h2-3,5,7,12,14,16H,4,6,8-10H2,1H3. The first-order chi connectivity index (χ1) is 8.77. The molecule has 3 heteroatoms. The molecule has 0 spiro atoms. The number of amides is 1. The minimum atomic E-state index is 0.198. The van der Waals surface area contributed by atoms with Crippen LogP contribution < -0.4 is 5.32 Å². The van der Waals surface area contributed by atoms with Crippen LogP contribution in [-0.4, -0.2) is 30.9 Å². The number of benzene rings is 1. The molecule has 96 valence electrons. The molecule has 3 rings (SSSR count). The maximum atomic E-state index is 12.3. The lowest BCUT2D eigenvalue weighted by atomic mass is 9.86. The molecule has 1 atom stereocenters. The van der Waals surface area contributed by atoms with Crippen molar-refractivity contribution in [2.45, 2.75) is 25.3 Å². The van der Waals surface area contributed by atoms with Gasteiger partial charge in [0.25, 0.3) is 0 Å². The SMILES string of the molecule is CN(C(=O)C1CNC1)C1CCCc2ccccc21. The van der Waals surface area contributed by atoms with Crippen molar-refractivity contribution in [3.8, 4) is 0 Å². The van der Waals surface area contributed by atoms with Gasteiger partial charge in [0.05, 0.1) is 12.0 Å². The molecule has 1 aliphatic heterocycles. The van der Waals surface area contributed by atoms with Gasteiger partial charge in [0.2, 0.25) is 5.91 Å². The average molecular weight is 244 g/mol. The number of carbonyl (C=O) groups excluding carboxylic acids is 1. The third-order valence-corrected chi connectivity index (χ3v) is 4.28. The number of rotatable bonds is 2. The van der Waals surface area contributed by atoms with Crippen LogP contribution in [-0.2, 0) is 11.2 Å². The van der Waals surface area contributed by atoms with Crippen molar-refractivity contribution in [3.63, 3.8) is 0 Å². The van der Waals surface area contributed by atoms with Crippen LogP contribution >= 0.6 is 0 Å². The van der Waals surface area contributed by atoms with Crippen molar-refractivity contribution in [1.82, 2.24) is 10.2 Å². The zero-order valence-corrected chi connectivity index (χ0v) is 10.9. The second-order valence-electron chi connectivity index (χ2n) is 5.41. The first-order valence-corrected chi connectivity index (χ1v) is 6.82. The molecule has 1 aromatic carbocycles. The summed E-state index contributed by atoms with van der Waals surface area (Å²) < 4.78 is 0. The minimum absolute atomic E-state index is 0.198. The number of nitrogens with zero attached hydrogens (tertiary/aromatic N) is 1. The molecule has 1 amide bonds. The van der Waals surface area contributed by atoms with Gasteiger partial charge in [-0.3, -0.25) is 4.79 Å². The quantitative estimate of drug-likeness (QED) is 0.859. The monoisotopic (exact) mass is 244 g/mol. The maximum Gasteiger partial charge on any atom is 0.228 e. The molecule has 1 unspecified atom stereocenters. The van der Waals surface area contributed by atoms with E-state index < -0.39 is 0 Å². The number of nitrogens with one attached hydrogen (secondary N) is 1. The van der Waals surface area contributed by atoms with Crippen LogP contribution in [0.4, 0.5) is 0 Å². The fourth-order valence-corrected chi connectivity index (χ4v) is 3.04. The molecule has 0 radical (unpaired) electrons. The number of carbonyl (C=O) groups is 1. The molecule has 3 nitrogen and oxygen atoms in total. The van der Waals surface area contributed by atoms with Gasteiger partial charge in [-0.2, -0.15) is 0 Å². The molecular formula is C15H20N2O.